The van der Waals surface area contributed by atoms with Crippen molar-refractivity contribution in [3.05, 3.63) is 162 Å². The van der Waals surface area contributed by atoms with Crippen molar-refractivity contribution in [2.24, 2.45) is 30.8 Å². The summed E-state index contributed by atoms with van der Waals surface area (Å²) in [6.45, 7) is 11.1. The monoisotopic (exact) mass is 1100 g/mol. The van der Waals surface area contributed by atoms with Gasteiger partial charge in [-0.25, -0.2) is 20.0 Å². The standard InChI is InChI=1S/C55H57Cl4N9OS3/c1-53(2,3)72-64-50-35-10-7-6-9-34(35)31-55(50)23-29-68(30-24-55)46-20-26-61-52-42(16-18-44(63-46)66(52)5)71-40-14-13-36(47(57)49(40)59)38-32-54(33-69-38)21-27-67(28-22-54)45-19-25-60-51-41(15-17-43(62-45)65(51)4)70-39-12-8-11-37(56)48(39)58/h6-20,25-26,38,50,64H,21-24,27-33H2,1-5H3/b25-19+,26-20?,45-19?,46-20?,60-25?,60-51-,61-26?,61-52-,62-43?,62-45+,63-44?,63-46+/t38-,50?/m1/s1. The van der Waals surface area contributed by atoms with Crippen LogP contribution in [0.1, 0.15) is 81.7 Å². The fourth-order valence-corrected chi connectivity index (χ4v) is 14.9. The number of piperidine rings is 2. The Hall–Kier alpha value is -3.89. The predicted octanol–water partition coefficient (Wildman–Crippen LogP) is 14.1. The van der Waals surface area contributed by atoms with E-state index in [2.05, 4.69) is 94.8 Å². The molecule has 3 fully saturated rings. The molecule has 3 aromatic rings. The SMILES string of the molecule is CN1C2=CC=C(Sc3cccc(Cl)c3Cl)/C1=N/C=C/C(N1CCC3(CC1)CO[C@@H](c1ccc(SC4=CC=C5/N=C(/N6CCC7(CC6)Cc6ccccc6C7NSC(C)(C)C)C=C/N=C/4N5C)c(Cl)c1Cl)C3)=N\2. The van der Waals surface area contributed by atoms with Gasteiger partial charge in [-0.2, -0.15) is 0 Å². The summed E-state index contributed by atoms with van der Waals surface area (Å²) in [5.41, 5.74) is 4.09. The maximum Gasteiger partial charge on any atom is 0.147 e. The summed E-state index contributed by atoms with van der Waals surface area (Å²) in [6, 6.07) is 19.2. The molecule has 0 saturated carbocycles. The van der Waals surface area contributed by atoms with Gasteiger partial charge >= 0.3 is 0 Å². The third kappa shape index (κ3) is 9.92. The normalized spacial score (nSPS) is 26.6. The Balaban J connectivity index is 0.721. The van der Waals surface area contributed by atoms with Crippen LogP contribution in [0.25, 0.3) is 0 Å². The molecule has 1 unspecified atom stereocenters. The van der Waals surface area contributed by atoms with E-state index in [0.29, 0.717) is 32.7 Å². The van der Waals surface area contributed by atoms with E-state index in [1.807, 2.05) is 73.7 Å². The molecule has 7 aliphatic heterocycles. The van der Waals surface area contributed by atoms with Crippen LogP contribution in [0.4, 0.5) is 0 Å². The van der Waals surface area contributed by atoms with E-state index in [1.165, 1.54) is 22.9 Å². The number of hydrogen-bond acceptors (Lipinski definition) is 13. The molecule has 374 valence electrons. The summed E-state index contributed by atoms with van der Waals surface area (Å²) >= 11 is 32.1. The van der Waals surface area contributed by atoms with Gasteiger partial charge in [-0.15, -0.1) is 0 Å². The van der Waals surface area contributed by atoms with E-state index >= 15 is 0 Å². The first-order valence-electron chi connectivity index (χ1n) is 24.6. The Bertz CT molecular complexity index is 3010. The molecular formula is C55H57Cl4N9OS3. The number of rotatable bonds is 7. The van der Waals surface area contributed by atoms with E-state index in [9.17, 15) is 0 Å². The zero-order valence-corrected chi connectivity index (χ0v) is 46.4. The summed E-state index contributed by atoms with van der Waals surface area (Å²) in [4.78, 5) is 32.8. The largest absolute Gasteiger partial charge is 0.373 e. The lowest BCUT2D eigenvalue weighted by Gasteiger charge is -2.44. The van der Waals surface area contributed by atoms with Crippen LogP contribution in [0.5, 0.6) is 0 Å². The van der Waals surface area contributed by atoms with Crippen LogP contribution < -0.4 is 4.72 Å². The summed E-state index contributed by atoms with van der Waals surface area (Å²) in [5.74, 6) is 5.14. The fourth-order valence-electron chi connectivity index (χ4n) is 11.0. The fraction of sp³-hybridized carbons (Fsp3) is 0.382. The number of hydrogen-bond donors (Lipinski definition) is 1. The molecule has 17 heteroatoms. The minimum absolute atomic E-state index is 0.0388. The van der Waals surface area contributed by atoms with Crippen molar-refractivity contribution in [3.63, 3.8) is 0 Å². The zero-order valence-electron chi connectivity index (χ0n) is 41.0. The highest BCUT2D eigenvalue weighted by atomic mass is 35.5. The number of amidine groups is 4. The molecule has 2 spiro atoms. The number of fused-ring (bicyclic) bond motifs is 5. The molecule has 0 amide bonds. The smallest absolute Gasteiger partial charge is 0.147 e. The van der Waals surface area contributed by atoms with Gasteiger partial charge in [0.15, 0.2) is 0 Å². The molecule has 7 heterocycles. The topological polar surface area (TPSA) is 83.7 Å². The second kappa shape index (κ2) is 20.3. The number of likely N-dealkylation sites (N-methyl/N-ethyl adjacent to an activating group) is 2. The Morgan fingerprint density at radius 2 is 1.26 bits per heavy atom. The molecule has 72 heavy (non-hydrogen) atoms. The minimum Gasteiger partial charge on any atom is -0.373 e. The van der Waals surface area contributed by atoms with Crippen molar-refractivity contribution in [2.45, 2.75) is 86.0 Å². The van der Waals surface area contributed by atoms with Crippen LogP contribution in [0.3, 0.4) is 0 Å². The van der Waals surface area contributed by atoms with Gasteiger partial charge in [0.05, 0.1) is 42.6 Å². The average Bonchev–Trinajstić information content (AvgIpc) is 3.91. The van der Waals surface area contributed by atoms with Gasteiger partial charge in [-0.1, -0.05) is 118 Å². The second-order valence-corrected chi connectivity index (χ2v) is 26.1. The number of allylic oxidation sites excluding steroid dienone is 4. The van der Waals surface area contributed by atoms with Crippen molar-refractivity contribution in [1.82, 2.24) is 24.3 Å². The Labute approximate surface area is 456 Å². The first-order valence-corrected chi connectivity index (χ1v) is 28.5. The van der Waals surface area contributed by atoms with Crippen molar-refractivity contribution >= 4 is 105 Å². The van der Waals surface area contributed by atoms with Gasteiger partial charge in [0.1, 0.15) is 35.0 Å². The number of likely N-dealkylation sites (tertiary alicyclic amines) is 2. The van der Waals surface area contributed by atoms with Crippen molar-refractivity contribution in [2.75, 3.05) is 46.9 Å². The molecule has 1 N–H and O–H groups in total. The molecule has 0 aromatic heterocycles. The lowest BCUT2D eigenvalue weighted by molar-refractivity contribution is 0.0778. The van der Waals surface area contributed by atoms with Gasteiger partial charge < -0.3 is 24.3 Å². The summed E-state index contributed by atoms with van der Waals surface area (Å²) in [5, 5.41) is 2.13. The molecule has 8 aliphatic rings. The Kier molecular flexibility index (Phi) is 14.2. The van der Waals surface area contributed by atoms with Crippen molar-refractivity contribution in [3.8, 4) is 0 Å². The Morgan fingerprint density at radius 1 is 0.667 bits per heavy atom. The number of nitrogens with one attached hydrogen (secondary N) is 1. The molecule has 1 aliphatic carbocycles. The number of benzene rings is 3. The maximum atomic E-state index is 7.17. The quantitative estimate of drug-likeness (QED) is 0.233. The van der Waals surface area contributed by atoms with Gasteiger partial charge in [0.25, 0.3) is 0 Å². The van der Waals surface area contributed by atoms with Gasteiger partial charge in [-0.05, 0) is 136 Å². The van der Waals surface area contributed by atoms with Crippen molar-refractivity contribution in [1.29, 1.82) is 0 Å². The first kappa shape index (κ1) is 50.3. The van der Waals surface area contributed by atoms with E-state index in [0.717, 1.165) is 125 Å². The zero-order chi connectivity index (χ0) is 49.9. The van der Waals surface area contributed by atoms with Gasteiger partial charge in [-0.3, -0.25) is 4.72 Å². The Morgan fingerprint density at radius 3 is 1.89 bits per heavy atom. The molecule has 3 aromatic carbocycles. The van der Waals surface area contributed by atoms with Crippen LogP contribution >= 0.6 is 81.9 Å². The third-order valence-electron chi connectivity index (χ3n) is 15.1. The average molecular weight is 1100 g/mol. The van der Waals surface area contributed by atoms with E-state index < -0.39 is 0 Å². The minimum atomic E-state index is -0.142. The second-order valence-electron chi connectivity index (χ2n) is 20.7. The lowest BCUT2D eigenvalue weighted by Crippen LogP contribution is -2.47. The number of thioether (sulfide) groups is 2. The third-order valence-corrected chi connectivity index (χ3v) is 20.2. The van der Waals surface area contributed by atoms with Gasteiger partial charge in [0, 0.05) is 78.8 Å². The molecule has 3 saturated heterocycles. The highest BCUT2D eigenvalue weighted by Crippen LogP contribution is 2.54. The van der Waals surface area contributed by atoms with E-state index in [-0.39, 0.29) is 21.7 Å². The van der Waals surface area contributed by atoms with Crippen LogP contribution in [-0.2, 0) is 11.2 Å². The van der Waals surface area contributed by atoms with Crippen LogP contribution in [0.15, 0.2) is 155 Å². The number of nitrogens with zero attached hydrogens (tertiary/aromatic N) is 8. The number of aliphatic imine (C=N–C) groups is 4. The highest BCUT2D eigenvalue weighted by Gasteiger charge is 2.48. The molecule has 0 radical (unpaired) electrons. The van der Waals surface area contributed by atoms with E-state index in [1.54, 1.807) is 17.8 Å². The highest BCUT2D eigenvalue weighted by molar-refractivity contribution is 8.04. The van der Waals surface area contributed by atoms with E-state index in [4.69, 9.17) is 71.1 Å². The van der Waals surface area contributed by atoms with Crippen LogP contribution in [0.2, 0.25) is 20.1 Å². The summed E-state index contributed by atoms with van der Waals surface area (Å²) in [6.07, 6.45) is 22.0. The lowest BCUT2D eigenvalue weighted by atomic mass is 9.73. The van der Waals surface area contributed by atoms with Crippen LogP contribution in [0, 0.1) is 10.8 Å². The summed E-state index contributed by atoms with van der Waals surface area (Å²) < 4.78 is 10.6. The maximum absolute atomic E-state index is 7.17. The molecule has 10 nitrogen and oxygen atoms in total. The predicted molar refractivity (Wildman–Crippen MR) is 304 cm³/mol. The van der Waals surface area contributed by atoms with Gasteiger partial charge in [0.2, 0.25) is 0 Å². The molecule has 2 atom stereocenters. The number of ether oxygens (including phenoxy) is 1. The first-order chi connectivity index (χ1) is 34.7. The summed E-state index contributed by atoms with van der Waals surface area (Å²) in [7, 11) is 4.03. The van der Waals surface area contributed by atoms with Crippen molar-refractivity contribution < 1.29 is 4.74 Å². The molecule has 4 bridgehead atoms. The number of halogens is 4. The molecule has 11 rings (SSSR count). The molecular weight excluding hydrogens is 1040 g/mol. The van der Waals surface area contributed by atoms with Crippen LogP contribution in [-0.4, -0.2) is 94.6 Å².